The Labute approximate surface area is 164 Å². The van der Waals surface area contributed by atoms with E-state index < -0.39 is 0 Å². The van der Waals surface area contributed by atoms with E-state index >= 15 is 0 Å². The van der Waals surface area contributed by atoms with E-state index in [9.17, 15) is 9.18 Å². The normalized spacial score (nSPS) is 10.8. The number of hydrogen-bond acceptors (Lipinski definition) is 3. The molecule has 142 valence electrons. The van der Waals surface area contributed by atoms with Gasteiger partial charge >= 0.3 is 0 Å². The molecule has 0 bridgehead atoms. The van der Waals surface area contributed by atoms with E-state index in [0.29, 0.717) is 18.1 Å². The van der Waals surface area contributed by atoms with Crippen LogP contribution in [-0.2, 0) is 4.79 Å². The smallest absolute Gasteiger partial charge is 0.250 e. The fourth-order valence-electron chi connectivity index (χ4n) is 2.41. The van der Waals surface area contributed by atoms with Crippen LogP contribution in [0.2, 0.25) is 0 Å². The second-order valence-electron chi connectivity index (χ2n) is 6.10. The fourth-order valence-corrected chi connectivity index (χ4v) is 2.71. The molecule has 0 atom stereocenters. The summed E-state index contributed by atoms with van der Waals surface area (Å²) in [7, 11) is 0. The van der Waals surface area contributed by atoms with E-state index in [1.165, 1.54) is 18.2 Å². The van der Waals surface area contributed by atoms with Gasteiger partial charge < -0.3 is 10.0 Å². The van der Waals surface area contributed by atoms with Gasteiger partial charge in [-0.2, -0.15) is 0 Å². The third-order valence-corrected chi connectivity index (χ3v) is 4.23. The molecule has 0 heterocycles. The summed E-state index contributed by atoms with van der Waals surface area (Å²) < 4.78 is 12.9. The molecule has 1 amide bonds. The van der Waals surface area contributed by atoms with E-state index in [4.69, 9.17) is 17.3 Å². The van der Waals surface area contributed by atoms with Crippen LogP contribution in [0.4, 0.5) is 10.1 Å². The van der Waals surface area contributed by atoms with Gasteiger partial charge in [0.05, 0.1) is 0 Å². The maximum Gasteiger partial charge on any atom is 0.250 e. The molecule has 2 rings (SSSR count). The van der Waals surface area contributed by atoms with Gasteiger partial charge in [-0.3, -0.25) is 10.1 Å². The van der Waals surface area contributed by atoms with E-state index in [1.807, 2.05) is 36.1 Å². The van der Waals surface area contributed by atoms with Crippen LogP contribution >= 0.6 is 12.2 Å². The Hall–Kier alpha value is -2.57. The van der Waals surface area contributed by atoms with Crippen LogP contribution in [0.25, 0.3) is 6.08 Å². The summed E-state index contributed by atoms with van der Waals surface area (Å²) in [5.41, 5.74) is 2.73. The predicted octanol–water partition coefficient (Wildman–Crippen LogP) is 3.83. The Morgan fingerprint density at radius 1 is 1.15 bits per heavy atom. The number of halogens is 1. The Kier molecular flexibility index (Phi) is 8.10. The zero-order valence-electron chi connectivity index (χ0n) is 15.2. The second-order valence-corrected chi connectivity index (χ2v) is 6.48. The van der Waals surface area contributed by atoms with Gasteiger partial charge in [0.2, 0.25) is 5.91 Å². The van der Waals surface area contributed by atoms with Gasteiger partial charge in [0.15, 0.2) is 5.11 Å². The number of hydrogen-bond donors (Lipinski definition) is 2. The van der Waals surface area contributed by atoms with Crippen molar-refractivity contribution in [1.29, 1.82) is 0 Å². The molecule has 2 aromatic rings. The minimum Gasteiger partial charge on any atom is -0.396 e. The number of aliphatic hydroxyl groups excluding tert-OH is 1. The van der Waals surface area contributed by atoms with Crippen LogP contribution in [0.1, 0.15) is 24.0 Å². The molecular formula is C21H23FN2O2S. The van der Waals surface area contributed by atoms with Gasteiger partial charge in [0.25, 0.3) is 0 Å². The molecule has 0 fully saturated rings. The Balaban J connectivity index is 2.03. The average Bonchev–Trinajstić information content (AvgIpc) is 2.66. The number of unbranched alkanes of at least 4 members (excludes halogenated alkanes) is 1. The van der Waals surface area contributed by atoms with Gasteiger partial charge in [0.1, 0.15) is 5.82 Å². The van der Waals surface area contributed by atoms with Crippen LogP contribution in [-0.4, -0.2) is 29.3 Å². The first kappa shape index (κ1) is 20.7. The summed E-state index contributed by atoms with van der Waals surface area (Å²) in [6.07, 6.45) is 4.36. The van der Waals surface area contributed by atoms with E-state index in [0.717, 1.165) is 23.2 Å². The molecule has 27 heavy (non-hydrogen) atoms. The summed E-state index contributed by atoms with van der Waals surface area (Å²) >= 11 is 5.41. The highest BCUT2D eigenvalue weighted by molar-refractivity contribution is 7.80. The quantitative estimate of drug-likeness (QED) is 0.431. The summed E-state index contributed by atoms with van der Waals surface area (Å²) in [5.74, 6) is -0.682. The number of carbonyl (C=O) groups excluding carboxylic acids is 1. The monoisotopic (exact) mass is 386 g/mol. The van der Waals surface area contributed by atoms with Crippen molar-refractivity contribution in [3.05, 3.63) is 71.6 Å². The number of nitrogens with zero attached hydrogens (tertiary/aromatic N) is 1. The SMILES string of the molecule is Cc1ccc(N(CCCCO)C(=S)NC(=O)C=Cc2ccc(F)cc2)cc1. The average molecular weight is 386 g/mol. The van der Waals surface area contributed by atoms with E-state index in [1.54, 1.807) is 18.2 Å². The zero-order chi connectivity index (χ0) is 19.6. The Morgan fingerprint density at radius 2 is 1.81 bits per heavy atom. The van der Waals surface area contributed by atoms with Crippen molar-refractivity contribution in [3.8, 4) is 0 Å². The summed E-state index contributed by atoms with van der Waals surface area (Å²) in [5, 5.41) is 12.0. The highest BCUT2D eigenvalue weighted by Gasteiger charge is 2.13. The van der Waals surface area contributed by atoms with Crippen molar-refractivity contribution in [3.63, 3.8) is 0 Å². The second kappa shape index (κ2) is 10.5. The van der Waals surface area contributed by atoms with Crippen LogP contribution in [0, 0.1) is 12.7 Å². The number of rotatable bonds is 7. The third kappa shape index (κ3) is 6.92. The molecule has 0 saturated carbocycles. The number of anilines is 1. The molecule has 0 aliphatic heterocycles. The van der Waals surface area contributed by atoms with Crippen molar-refractivity contribution in [1.82, 2.24) is 5.32 Å². The van der Waals surface area contributed by atoms with Crippen LogP contribution in [0.15, 0.2) is 54.6 Å². The molecular weight excluding hydrogens is 363 g/mol. The van der Waals surface area contributed by atoms with Gasteiger partial charge in [-0.1, -0.05) is 29.8 Å². The maximum atomic E-state index is 12.9. The molecule has 4 nitrogen and oxygen atoms in total. The third-order valence-electron chi connectivity index (χ3n) is 3.91. The summed E-state index contributed by atoms with van der Waals surface area (Å²) in [4.78, 5) is 14.0. The predicted molar refractivity (Wildman–Crippen MR) is 111 cm³/mol. The molecule has 0 saturated heterocycles. The number of carbonyl (C=O) groups is 1. The lowest BCUT2D eigenvalue weighted by molar-refractivity contribution is -0.115. The van der Waals surface area contributed by atoms with Gasteiger partial charge in [-0.15, -0.1) is 0 Å². The minimum atomic E-state index is -0.358. The number of aryl methyl sites for hydroxylation is 1. The Bertz CT molecular complexity index is 789. The van der Waals surface area contributed by atoms with Crippen molar-refractivity contribution >= 4 is 35.0 Å². The number of aliphatic hydroxyl groups is 1. The highest BCUT2D eigenvalue weighted by atomic mass is 32.1. The number of amides is 1. The molecule has 0 aliphatic carbocycles. The fraction of sp³-hybridized carbons (Fsp3) is 0.238. The number of benzene rings is 2. The van der Waals surface area contributed by atoms with Crippen LogP contribution < -0.4 is 10.2 Å². The highest BCUT2D eigenvalue weighted by Crippen LogP contribution is 2.16. The molecule has 0 spiro atoms. The molecule has 2 aromatic carbocycles. The first-order chi connectivity index (χ1) is 13.0. The van der Waals surface area contributed by atoms with Gasteiger partial charge in [-0.25, -0.2) is 4.39 Å². The molecule has 0 unspecified atom stereocenters. The molecule has 0 aromatic heterocycles. The topological polar surface area (TPSA) is 52.6 Å². The van der Waals surface area contributed by atoms with Crippen molar-refractivity contribution in [2.24, 2.45) is 0 Å². The first-order valence-corrected chi connectivity index (χ1v) is 9.14. The number of thiocarbonyl (C=S) groups is 1. The Morgan fingerprint density at radius 3 is 2.44 bits per heavy atom. The minimum absolute atomic E-state index is 0.112. The maximum absolute atomic E-state index is 12.9. The number of nitrogens with one attached hydrogen (secondary N) is 1. The van der Waals surface area contributed by atoms with Gasteiger partial charge in [-0.05, 0) is 67.9 Å². The lowest BCUT2D eigenvalue weighted by Crippen LogP contribution is -2.42. The molecule has 2 N–H and O–H groups in total. The molecule has 0 radical (unpaired) electrons. The van der Waals surface area contributed by atoms with Crippen molar-refractivity contribution < 1.29 is 14.3 Å². The van der Waals surface area contributed by atoms with Gasteiger partial charge in [0, 0.05) is 24.9 Å². The van der Waals surface area contributed by atoms with Crippen molar-refractivity contribution in [2.75, 3.05) is 18.1 Å². The van der Waals surface area contributed by atoms with Crippen LogP contribution in [0.3, 0.4) is 0 Å². The standard InChI is InChI=1S/C21H23FN2O2S/c1-16-4-11-19(12-5-16)24(14-2-3-15-25)21(27)23-20(26)13-8-17-6-9-18(22)10-7-17/h4-13,25H,2-3,14-15H2,1H3,(H,23,26,27). The lowest BCUT2D eigenvalue weighted by Gasteiger charge is -2.25. The molecule has 0 aliphatic rings. The summed E-state index contributed by atoms with van der Waals surface area (Å²) in [6, 6.07) is 13.7. The first-order valence-electron chi connectivity index (χ1n) is 8.73. The molecule has 6 heteroatoms. The van der Waals surface area contributed by atoms with E-state index in [-0.39, 0.29) is 18.3 Å². The van der Waals surface area contributed by atoms with Crippen molar-refractivity contribution in [2.45, 2.75) is 19.8 Å². The van der Waals surface area contributed by atoms with E-state index in [2.05, 4.69) is 5.32 Å². The zero-order valence-corrected chi connectivity index (χ0v) is 16.0. The largest absolute Gasteiger partial charge is 0.396 e. The van der Waals surface area contributed by atoms with Crippen LogP contribution in [0.5, 0.6) is 0 Å². The lowest BCUT2D eigenvalue weighted by atomic mass is 10.2. The summed E-state index contributed by atoms with van der Waals surface area (Å²) in [6.45, 7) is 2.70.